The molecule has 0 saturated carbocycles. The third kappa shape index (κ3) is 3.01. The minimum absolute atomic E-state index is 0.361. The second kappa shape index (κ2) is 5.12. The summed E-state index contributed by atoms with van der Waals surface area (Å²) in [5.41, 5.74) is 0. The second-order valence-corrected chi connectivity index (χ2v) is 2.11. The summed E-state index contributed by atoms with van der Waals surface area (Å²) in [5.74, 6) is 0.784. The van der Waals surface area contributed by atoms with Gasteiger partial charge in [0.15, 0.2) is 0 Å². The van der Waals surface area contributed by atoms with E-state index in [9.17, 15) is 4.79 Å². The number of carbonyl (C=O) groups is 1. The Hall–Kier alpha value is -1.58. The first kappa shape index (κ1) is 8.52. The van der Waals surface area contributed by atoms with Crippen molar-refractivity contribution in [2.45, 2.75) is 0 Å². The average Bonchev–Trinajstić information content (AvgIpc) is 2.14. The second-order valence-electron chi connectivity index (χ2n) is 2.11. The van der Waals surface area contributed by atoms with E-state index >= 15 is 0 Å². The first-order valence-corrected chi connectivity index (χ1v) is 3.63. The topological polar surface area (TPSA) is 51.2 Å². The number of pyridine rings is 1. The molecule has 0 unspecified atom stereocenters. The third-order valence-corrected chi connectivity index (χ3v) is 1.26. The normalized spacial score (nSPS) is 9.00. The quantitative estimate of drug-likeness (QED) is 0.516. The number of nitrogens with zero attached hydrogens (tertiary/aromatic N) is 1. The molecule has 0 aliphatic carbocycles. The van der Waals surface area contributed by atoms with Crippen molar-refractivity contribution in [3.8, 4) is 0 Å². The van der Waals surface area contributed by atoms with Crippen molar-refractivity contribution in [2.24, 2.45) is 0 Å². The summed E-state index contributed by atoms with van der Waals surface area (Å²) in [5, 5.41) is 2.98. The van der Waals surface area contributed by atoms with Crippen LogP contribution >= 0.6 is 0 Å². The van der Waals surface area contributed by atoms with E-state index < -0.39 is 0 Å². The van der Waals surface area contributed by atoms with Gasteiger partial charge in [0.2, 0.25) is 0 Å². The van der Waals surface area contributed by atoms with Crippen LogP contribution in [0.4, 0.5) is 5.82 Å². The molecule has 1 aromatic heterocycles. The summed E-state index contributed by atoms with van der Waals surface area (Å²) >= 11 is 0. The summed E-state index contributed by atoms with van der Waals surface area (Å²) in [7, 11) is 0. The van der Waals surface area contributed by atoms with Crippen LogP contribution in [0.3, 0.4) is 0 Å². The summed E-state index contributed by atoms with van der Waals surface area (Å²) in [6, 6.07) is 5.57. The van der Waals surface area contributed by atoms with Crippen molar-refractivity contribution in [2.75, 3.05) is 18.5 Å². The average molecular weight is 166 g/mol. The first-order chi connectivity index (χ1) is 5.93. The molecule has 1 aromatic rings. The lowest BCUT2D eigenvalue weighted by molar-refractivity contribution is -0.128. The Kier molecular flexibility index (Phi) is 3.63. The van der Waals surface area contributed by atoms with Crippen molar-refractivity contribution in [3.05, 3.63) is 24.4 Å². The van der Waals surface area contributed by atoms with Gasteiger partial charge in [-0.1, -0.05) is 6.07 Å². The Balaban J connectivity index is 2.20. The molecule has 0 aliphatic rings. The molecule has 1 rings (SSSR count). The smallest absolute Gasteiger partial charge is 0.293 e. The van der Waals surface area contributed by atoms with Gasteiger partial charge < -0.3 is 10.1 Å². The van der Waals surface area contributed by atoms with Crippen LogP contribution in [0.1, 0.15) is 0 Å². The van der Waals surface area contributed by atoms with E-state index in [0.717, 1.165) is 5.82 Å². The van der Waals surface area contributed by atoms with Crippen LogP contribution in [0.15, 0.2) is 24.4 Å². The lowest BCUT2D eigenvalue weighted by Crippen LogP contribution is -2.09. The van der Waals surface area contributed by atoms with Crippen LogP contribution in [0.5, 0.6) is 0 Å². The van der Waals surface area contributed by atoms with Gasteiger partial charge in [-0.05, 0) is 12.1 Å². The highest BCUT2D eigenvalue weighted by molar-refractivity contribution is 5.37. The summed E-state index contributed by atoms with van der Waals surface area (Å²) in [6.45, 7) is 1.37. The molecule has 4 nitrogen and oxygen atoms in total. The Morgan fingerprint density at radius 2 is 2.50 bits per heavy atom. The zero-order valence-corrected chi connectivity index (χ0v) is 6.56. The molecular formula is C8H10N2O2. The van der Waals surface area contributed by atoms with Gasteiger partial charge >= 0.3 is 0 Å². The number of hydrogen-bond donors (Lipinski definition) is 1. The highest BCUT2D eigenvalue weighted by Gasteiger charge is 1.89. The lowest BCUT2D eigenvalue weighted by atomic mass is 10.4. The van der Waals surface area contributed by atoms with Gasteiger partial charge in [0, 0.05) is 6.20 Å². The van der Waals surface area contributed by atoms with E-state index in [1.807, 2.05) is 18.2 Å². The molecule has 4 heteroatoms. The lowest BCUT2D eigenvalue weighted by Gasteiger charge is -2.02. The summed E-state index contributed by atoms with van der Waals surface area (Å²) in [6.07, 6.45) is 1.70. The largest absolute Gasteiger partial charge is 0.466 e. The van der Waals surface area contributed by atoms with Gasteiger partial charge in [0.05, 0.1) is 6.54 Å². The van der Waals surface area contributed by atoms with E-state index in [4.69, 9.17) is 0 Å². The van der Waals surface area contributed by atoms with Crippen molar-refractivity contribution in [3.63, 3.8) is 0 Å². The maximum atomic E-state index is 9.75. The van der Waals surface area contributed by atoms with Crippen LogP contribution < -0.4 is 5.32 Å². The Labute approximate surface area is 70.6 Å². The van der Waals surface area contributed by atoms with Crippen molar-refractivity contribution in [1.29, 1.82) is 0 Å². The molecule has 0 saturated heterocycles. The Morgan fingerprint density at radius 3 is 3.17 bits per heavy atom. The molecule has 1 heterocycles. The molecule has 64 valence electrons. The number of hydrogen-bond acceptors (Lipinski definition) is 4. The molecule has 0 aromatic carbocycles. The minimum Gasteiger partial charge on any atom is -0.466 e. The fourth-order valence-corrected chi connectivity index (χ4v) is 0.753. The van der Waals surface area contributed by atoms with Crippen LogP contribution in [-0.4, -0.2) is 24.6 Å². The zero-order chi connectivity index (χ0) is 8.65. The SMILES string of the molecule is O=COCCNc1ccccn1. The molecule has 1 N–H and O–H groups in total. The maximum Gasteiger partial charge on any atom is 0.293 e. The molecule has 0 amide bonds. The monoisotopic (exact) mass is 166 g/mol. The predicted molar refractivity (Wildman–Crippen MR) is 44.7 cm³/mol. The van der Waals surface area contributed by atoms with E-state index in [1.54, 1.807) is 6.20 Å². The molecule has 12 heavy (non-hydrogen) atoms. The van der Waals surface area contributed by atoms with Crippen LogP contribution in [0, 0.1) is 0 Å². The number of ether oxygens (including phenoxy) is 1. The van der Waals surface area contributed by atoms with Crippen LogP contribution in [-0.2, 0) is 9.53 Å². The minimum atomic E-state index is 0.361. The predicted octanol–water partition coefficient (Wildman–Crippen LogP) is 0.666. The highest BCUT2D eigenvalue weighted by Crippen LogP contribution is 1.97. The number of rotatable bonds is 5. The van der Waals surface area contributed by atoms with Crippen molar-refractivity contribution in [1.82, 2.24) is 4.98 Å². The zero-order valence-electron chi connectivity index (χ0n) is 6.56. The molecular weight excluding hydrogens is 156 g/mol. The van der Waals surface area contributed by atoms with E-state index in [-0.39, 0.29) is 0 Å². The van der Waals surface area contributed by atoms with E-state index in [1.165, 1.54) is 0 Å². The molecule has 0 spiro atoms. The number of aromatic nitrogens is 1. The summed E-state index contributed by atoms with van der Waals surface area (Å²) < 4.78 is 4.48. The van der Waals surface area contributed by atoms with Crippen molar-refractivity contribution >= 4 is 12.3 Å². The molecule has 0 atom stereocenters. The summed E-state index contributed by atoms with van der Waals surface area (Å²) in [4.78, 5) is 13.8. The van der Waals surface area contributed by atoms with Crippen LogP contribution in [0.25, 0.3) is 0 Å². The molecule has 0 radical (unpaired) electrons. The Morgan fingerprint density at radius 1 is 1.58 bits per heavy atom. The molecule has 0 bridgehead atoms. The fourth-order valence-electron chi connectivity index (χ4n) is 0.753. The number of nitrogens with one attached hydrogen (secondary N) is 1. The molecule has 0 aliphatic heterocycles. The maximum absolute atomic E-state index is 9.75. The van der Waals surface area contributed by atoms with Gasteiger partial charge in [-0.2, -0.15) is 0 Å². The highest BCUT2D eigenvalue weighted by atomic mass is 16.5. The van der Waals surface area contributed by atoms with Gasteiger partial charge in [0.25, 0.3) is 6.47 Å². The molecule has 0 fully saturated rings. The van der Waals surface area contributed by atoms with Gasteiger partial charge in [-0.3, -0.25) is 4.79 Å². The van der Waals surface area contributed by atoms with Crippen molar-refractivity contribution < 1.29 is 9.53 Å². The van der Waals surface area contributed by atoms with Gasteiger partial charge in [0.1, 0.15) is 12.4 Å². The van der Waals surface area contributed by atoms with Gasteiger partial charge in [-0.25, -0.2) is 4.98 Å². The standard InChI is InChI=1S/C8H10N2O2/c11-7-12-6-5-10-8-3-1-2-4-9-8/h1-4,7H,5-6H2,(H,9,10). The third-order valence-electron chi connectivity index (χ3n) is 1.26. The number of anilines is 1. The van der Waals surface area contributed by atoms with Crippen LogP contribution in [0.2, 0.25) is 0 Å². The first-order valence-electron chi connectivity index (χ1n) is 3.63. The Bertz CT molecular complexity index is 226. The van der Waals surface area contributed by atoms with E-state index in [2.05, 4.69) is 15.0 Å². The fraction of sp³-hybridized carbons (Fsp3) is 0.250. The number of carbonyl (C=O) groups excluding carboxylic acids is 1. The van der Waals surface area contributed by atoms with E-state index in [0.29, 0.717) is 19.6 Å². The van der Waals surface area contributed by atoms with Gasteiger partial charge in [-0.15, -0.1) is 0 Å².